The zero-order valence-corrected chi connectivity index (χ0v) is 13.0. The van der Waals surface area contributed by atoms with Crippen molar-refractivity contribution >= 4 is 5.82 Å². The van der Waals surface area contributed by atoms with E-state index in [9.17, 15) is 0 Å². The molecule has 2 aromatic rings. The van der Waals surface area contributed by atoms with Gasteiger partial charge in [0, 0.05) is 24.6 Å². The Morgan fingerprint density at radius 2 is 2.05 bits per heavy atom. The smallest absolute Gasteiger partial charge is 0.132 e. The first-order chi connectivity index (χ1) is 10.1. The van der Waals surface area contributed by atoms with Gasteiger partial charge < -0.3 is 15.0 Å². The highest BCUT2D eigenvalue weighted by Crippen LogP contribution is 2.42. The molecule has 1 aromatic heterocycles. The van der Waals surface area contributed by atoms with E-state index in [-0.39, 0.29) is 0 Å². The third-order valence-corrected chi connectivity index (χ3v) is 3.98. The van der Waals surface area contributed by atoms with Crippen molar-refractivity contribution in [2.24, 2.45) is 0 Å². The van der Waals surface area contributed by atoms with Gasteiger partial charge in [-0.3, -0.25) is 0 Å². The number of ether oxygens (including phenoxy) is 1. The van der Waals surface area contributed by atoms with Gasteiger partial charge in [-0.15, -0.1) is 0 Å². The molecule has 3 rings (SSSR count). The van der Waals surface area contributed by atoms with Gasteiger partial charge in [0.05, 0.1) is 6.61 Å². The molecule has 112 valence electrons. The average Bonchev–Trinajstić information content (AvgIpc) is 3.23. The molecule has 0 bridgehead atoms. The summed E-state index contributed by atoms with van der Waals surface area (Å²) in [6.45, 7) is 4.92. The normalized spacial score (nSPS) is 14.9. The minimum absolute atomic E-state index is 0.372. The molecule has 4 nitrogen and oxygen atoms in total. The summed E-state index contributed by atoms with van der Waals surface area (Å²) in [5.41, 5.74) is 9.55. The van der Waals surface area contributed by atoms with Gasteiger partial charge in [0.25, 0.3) is 0 Å². The summed E-state index contributed by atoms with van der Waals surface area (Å²) in [4.78, 5) is 4.87. The molecule has 1 fully saturated rings. The molecule has 1 aliphatic carbocycles. The topological polar surface area (TPSA) is 53.1 Å². The maximum Gasteiger partial charge on any atom is 0.132 e. The lowest BCUT2D eigenvalue weighted by Crippen LogP contribution is -2.06. The Morgan fingerprint density at radius 3 is 2.67 bits per heavy atom. The molecule has 0 aliphatic heterocycles. The maximum absolute atomic E-state index is 6.44. The largest absolute Gasteiger partial charge is 0.383 e. The van der Waals surface area contributed by atoms with Gasteiger partial charge in [0.2, 0.25) is 0 Å². The number of hydrogen-bond acceptors (Lipinski definition) is 3. The minimum atomic E-state index is 0.372. The fourth-order valence-electron chi connectivity index (χ4n) is 2.82. The van der Waals surface area contributed by atoms with Crippen LogP contribution in [0.3, 0.4) is 0 Å². The van der Waals surface area contributed by atoms with E-state index in [1.165, 1.54) is 12.8 Å². The maximum atomic E-state index is 6.44. The fraction of sp³-hybridized carbons (Fsp3) is 0.471. The highest BCUT2D eigenvalue weighted by molar-refractivity contribution is 5.74. The standard InChI is InChI=1S/C17H23N3O/c1-11(2)17-19-15(16(18)20(17)13-8-9-13)14-7-5-4-6-12(14)10-21-3/h4-7,11,13H,8-10,18H2,1-3H3. The molecule has 0 unspecified atom stereocenters. The van der Waals surface area contributed by atoms with E-state index in [1.807, 2.05) is 12.1 Å². The van der Waals surface area contributed by atoms with Crippen LogP contribution < -0.4 is 5.73 Å². The van der Waals surface area contributed by atoms with E-state index in [0.717, 1.165) is 28.5 Å². The van der Waals surface area contributed by atoms with Crippen molar-refractivity contribution in [1.29, 1.82) is 0 Å². The lowest BCUT2D eigenvalue weighted by atomic mass is 10.1. The van der Waals surface area contributed by atoms with Crippen molar-refractivity contribution in [3.05, 3.63) is 35.7 Å². The lowest BCUT2D eigenvalue weighted by Gasteiger charge is -2.10. The number of rotatable bonds is 5. The number of imidazole rings is 1. The summed E-state index contributed by atoms with van der Waals surface area (Å²) in [5, 5.41) is 0. The summed E-state index contributed by atoms with van der Waals surface area (Å²) < 4.78 is 7.54. The predicted molar refractivity (Wildman–Crippen MR) is 85.1 cm³/mol. The second-order valence-corrected chi connectivity index (χ2v) is 6.05. The Balaban J connectivity index is 2.13. The molecule has 0 atom stereocenters. The molecule has 1 aromatic carbocycles. The van der Waals surface area contributed by atoms with Gasteiger partial charge in [-0.1, -0.05) is 38.1 Å². The van der Waals surface area contributed by atoms with Gasteiger partial charge in [0.15, 0.2) is 0 Å². The molecule has 4 heteroatoms. The molecule has 2 N–H and O–H groups in total. The second-order valence-electron chi connectivity index (χ2n) is 6.05. The first-order valence-corrected chi connectivity index (χ1v) is 7.58. The third-order valence-electron chi connectivity index (χ3n) is 3.98. The first kappa shape index (κ1) is 14.1. The Morgan fingerprint density at radius 1 is 1.33 bits per heavy atom. The lowest BCUT2D eigenvalue weighted by molar-refractivity contribution is 0.185. The van der Waals surface area contributed by atoms with Crippen molar-refractivity contribution < 1.29 is 4.74 Å². The van der Waals surface area contributed by atoms with Crippen molar-refractivity contribution in [2.75, 3.05) is 12.8 Å². The fourth-order valence-corrected chi connectivity index (χ4v) is 2.82. The summed E-state index contributed by atoms with van der Waals surface area (Å²) in [6.07, 6.45) is 2.42. The number of benzene rings is 1. The number of aromatic nitrogens is 2. The molecular weight excluding hydrogens is 262 g/mol. The highest BCUT2D eigenvalue weighted by atomic mass is 16.5. The number of nitrogen functional groups attached to an aromatic ring is 1. The SMILES string of the molecule is COCc1ccccc1-c1nc(C(C)C)n(C2CC2)c1N. The molecule has 1 heterocycles. The Kier molecular flexibility index (Phi) is 3.72. The van der Waals surface area contributed by atoms with E-state index in [4.69, 9.17) is 15.5 Å². The molecule has 1 saturated carbocycles. The van der Waals surface area contributed by atoms with Gasteiger partial charge in [-0.05, 0) is 18.4 Å². The van der Waals surface area contributed by atoms with Crippen molar-refractivity contribution in [3.63, 3.8) is 0 Å². The molecular formula is C17H23N3O. The van der Waals surface area contributed by atoms with E-state index in [1.54, 1.807) is 7.11 Å². The quantitative estimate of drug-likeness (QED) is 0.910. The molecule has 21 heavy (non-hydrogen) atoms. The third kappa shape index (κ3) is 2.56. The molecule has 0 amide bonds. The summed E-state index contributed by atoms with van der Waals surface area (Å²) in [7, 11) is 1.71. The molecule has 1 aliphatic rings. The number of methoxy groups -OCH3 is 1. The van der Waals surface area contributed by atoms with Crippen LogP contribution >= 0.6 is 0 Å². The monoisotopic (exact) mass is 285 g/mol. The number of nitrogens with zero attached hydrogens (tertiary/aromatic N) is 2. The van der Waals surface area contributed by atoms with E-state index >= 15 is 0 Å². The number of hydrogen-bond donors (Lipinski definition) is 1. The van der Waals surface area contributed by atoms with E-state index < -0.39 is 0 Å². The van der Waals surface area contributed by atoms with E-state index in [2.05, 4.69) is 30.5 Å². The van der Waals surface area contributed by atoms with Crippen LogP contribution in [0.25, 0.3) is 11.3 Å². The summed E-state index contributed by atoms with van der Waals surface area (Å²) in [6, 6.07) is 8.74. The first-order valence-electron chi connectivity index (χ1n) is 7.58. The molecule has 0 radical (unpaired) electrons. The Bertz CT molecular complexity index is 641. The van der Waals surface area contributed by atoms with Crippen LogP contribution in [0, 0.1) is 0 Å². The van der Waals surface area contributed by atoms with Crippen LogP contribution in [0.2, 0.25) is 0 Å². The van der Waals surface area contributed by atoms with Crippen LogP contribution in [0.4, 0.5) is 5.82 Å². The van der Waals surface area contributed by atoms with Crippen LogP contribution in [0.5, 0.6) is 0 Å². The minimum Gasteiger partial charge on any atom is -0.383 e. The number of anilines is 1. The van der Waals surface area contributed by atoms with Crippen LogP contribution in [-0.2, 0) is 11.3 Å². The molecule has 0 spiro atoms. The van der Waals surface area contributed by atoms with Crippen molar-refractivity contribution in [3.8, 4) is 11.3 Å². The molecule has 0 saturated heterocycles. The van der Waals surface area contributed by atoms with Crippen LogP contribution in [0.1, 0.15) is 50.0 Å². The number of nitrogens with two attached hydrogens (primary N) is 1. The van der Waals surface area contributed by atoms with Crippen molar-refractivity contribution in [1.82, 2.24) is 9.55 Å². The van der Waals surface area contributed by atoms with Gasteiger partial charge >= 0.3 is 0 Å². The average molecular weight is 285 g/mol. The van der Waals surface area contributed by atoms with E-state index in [0.29, 0.717) is 18.6 Å². The Hall–Kier alpha value is -1.81. The highest BCUT2D eigenvalue weighted by Gasteiger charge is 2.31. The zero-order chi connectivity index (χ0) is 15.0. The van der Waals surface area contributed by atoms with Crippen molar-refractivity contribution in [2.45, 2.75) is 45.3 Å². The summed E-state index contributed by atoms with van der Waals surface area (Å²) in [5.74, 6) is 2.26. The van der Waals surface area contributed by atoms with Gasteiger partial charge in [-0.25, -0.2) is 4.98 Å². The van der Waals surface area contributed by atoms with Crippen LogP contribution in [-0.4, -0.2) is 16.7 Å². The van der Waals surface area contributed by atoms with Crippen LogP contribution in [0.15, 0.2) is 24.3 Å². The Labute approximate surface area is 125 Å². The summed E-state index contributed by atoms with van der Waals surface area (Å²) >= 11 is 0. The zero-order valence-electron chi connectivity index (χ0n) is 13.0. The van der Waals surface area contributed by atoms with Gasteiger partial charge in [-0.2, -0.15) is 0 Å². The van der Waals surface area contributed by atoms with Gasteiger partial charge in [0.1, 0.15) is 17.3 Å². The predicted octanol–water partition coefficient (Wildman–Crippen LogP) is 3.74. The second kappa shape index (κ2) is 5.53.